The highest BCUT2D eigenvalue weighted by Crippen LogP contribution is 2.53. The van der Waals surface area contributed by atoms with Crippen molar-refractivity contribution >= 4 is 16.9 Å². The van der Waals surface area contributed by atoms with Crippen molar-refractivity contribution in [1.29, 1.82) is 0 Å². The Kier molecular flexibility index (Phi) is 3.55. The van der Waals surface area contributed by atoms with E-state index in [9.17, 15) is 9.90 Å². The van der Waals surface area contributed by atoms with Crippen molar-refractivity contribution < 1.29 is 9.90 Å². The first-order valence-electron chi connectivity index (χ1n) is 10.2. The Bertz CT molecular complexity index is 907. The van der Waals surface area contributed by atoms with E-state index in [0.29, 0.717) is 24.2 Å². The zero-order chi connectivity index (χ0) is 19.0. The summed E-state index contributed by atoms with van der Waals surface area (Å²) in [4.78, 5) is 19.4. The fraction of sp³-hybridized carbons (Fsp3) is 0.636. The van der Waals surface area contributed by atoms with E-state index in [1.807, 2.05) is 11.8 Å². The predicted molar refractivity (Wildman–Crippen MR) is 104 cm³/mol. The average molecular weight is 367 g/mol. The first-order valence-corrected chi connectivity index (χ1v) is 10.2. The van der Waals surface area contributed by atoms with Crippen LogP contribution in [0.3, 0.4) is 0 Å². The van der Waals surface area contributed by atoms with Crippen LogP contribution in [-0.4, -0.2) is 44.2 Å². The number of carbonyl (C=O) groups is 1. The highest BCUT2D eigenvalue weighted by atomic mass is 16.3. The molecule has 2 aliphatic carbocycles. The lowest BCUT2D eigenvalue weighted by Gasteiger charge is -2.60. The first-order chi connectivity index (χ1) is 12.7. The number of amides is 1. The normalized spacial score (nSPS) is 29.5. The SMILES string of the molecule is Cc1cn(C)c2nc(CC3CC4(C3)CN(C(=O)[C@H]3C[C@@](C)(O)C3)C4)ccc12. The van der Waals surface area contributed by atoms with E-state index < -0.39 is 5.60 Å². The van der Waals surface area contributed by atoms with Crippen LogP contribution < -0.4 is 0 Å². The zero-order valence-corrected chi connectivity index (χ0v) is 16.5. The van der Waals surface area contributed by atoms with Crippen molar-refractivity contribution in [3.8, 4) is 0 Å². The van der Waals surface area contributed by atoms with Gasteiger partial charge in [-0.25, -0.2) is 4.98 Å². The molecule has 2 aromatic rings. The second-order valence-electron chi connectivity index (χ2n) is 9.87. The van der Waals surface area contributed by atoms with E-state index >= 15 is 0 Å². The van der Waals surface area contributed by atoms with Gasteiger partial charge in [-0.1, -0.05) is 0 Å². The standard InChI is InChI=1S/C22H29N3O2/c1-14-11-24(3)19-18(14)5-4-17(23-19)6-15-7-22(8-15)12-25(13-22)20(26)16-9-21(2,27)10-16/h4-5,11,15-16,27H,6-10,12-13H2,1-3H3/t16-,21+. The molecule has 3 heterocycles. The fourth-order valence-corrected chi connectivity index (χ4v) is 5.82. The number of rotatable bonds is 3. The molecule has 2 aromatic heterocycles. The Morgan fingerprint density at radius 1 is 1.26 bits per heavy atom. The molecule has 1 amide bonds. The highest BCUT2D eigenvalue weighted by molar-refractivity contribution is 5.81. The number of carbonyl (C=O) groups excluding carboxylic acids is 1. The smallest absolute Gasteiger partial charge is 0.225 e. The number of nitrogens with zero attached hydrogens (tertiary/aromatic N) is 3. The van der Waals surface area contributed by atoms with Gasteiger partial charge in [-0.15, -0.1) is 0 Å². The molecule has 5 heteroatoms. The van der Waals surface area contributed by atoms with Gasteiger partial charge in [0.15, 0.2) is 0 Å². The lowest BCUT2D eigenvalue weighted by molar-refractivity contribution is -0.171. The van der Waals surface area contributed by atoms with Crippen molar-refractivity contribution in [2.75, 3.05) is 13.1 Å². The molecular formula is C22H29N3O2. The Hall–Kier alpha value is -1.88. The summed E-state index contributed by atoms with van der Waals surface area (Å²) in [6.07, 6.45) is 6.87. The maximum Gasteiger partial charge on any atom is 0.225 e. The molecule has 3 aliphatic rings. The van der Waals surface area contributed by atoms with Crippen molar-refractivity contribution in [1.82, 2.24) is 14.5 Å². The van der Waals surface area contributed by atoms with Gasteiger partial charge in [-0.2, -0.15) is 0 Å². The molecule has 0 bridgehead atoms. The van der Waals surface area contributed by atoms with Crippen LogP contribution in [0.25, 0.3) is 11.0 Å². The van der Waals surface area contributed by atoms with E-state index in [2.05, 4.69) is 36.9 Å². The van der Waals surface area contributed by atoms with E-state index in [1.54, 1.807) is 0 Å². The maximum absolute atomic E-state index is 12.5. The molecule has 3 fully saturated rings. The summed E-state index contributed by atoms with van der Waals surface area (Å²) in [7, 11) is 2.06. The minimum atomic E-state index is -0.616. The number of hydrogen-bond donors (Lipinski definition) is 1. The van der Waals surface area contributed by atoms with Crippen molar-refractivity contribution in [3.63, 3.8) is 0 Å². The van der Waals surface area contributed by atoms with Gasteiger partial charge < -0.3 is 14.6 Å². The average Bonchev–Trinajstić information content (AvgIpc) is 2.79. The minimum absolute atomic E-state index is 0.0536. The molecule has 2 saturated carbocycles. The highest BCUT2D eigenvalue weighted by Gasteiger charge is 2.55. The van der Waals surface area contributed by atoms with E-state index in [4.69, 9.17) is 4.98 Å². The van der Waals surface area contributed by atoms with Gasteiger partial charge in [0.05, 0.1) is 5.60 Å². The molecule has 144 valence electrons. The Morgan fingerprint density at radius 2 is 1.96 bits per heavy atom. The second kappa shape index (κ2) is 5.57. The summed E-state index contributed by atoms with van der Waals surface area (Å²) in [6.45, 7) is 5.80. The molecular weight excluding hydrogens is 338 g/mol. The lowest BCUT2D eigenvalue weighted by Crippen LogP contribution is -2.66. The summed E-state index contributed by atoms with van der Waals surface area (Å²) < 4.78 is 2.11. The number of aryl methyl sites for hydroxylation is 2. The lowest BCUT2D eigenvalue weighted by atomic mass is 9.56. The summed E-state index contributed by atoms with van der Waals surface area (Å²) in [5.74, 6) is 1.01. The summed E-state index contributed by atoms with van der Waals surface area (Å²) in [6, 6.07) is 4.39. The maximum atomic E-state index is 12.5. The molecule has 0 unspecified atom stereocenters. The summed E-state index contributed by atoms with van der Waals surface area (Å²) in [5, 5.41) is 11.1. The molecule has 1 saturated heterocycles. The van der Waals surface area contributed by atoms with Crippen LogP contribution in [0.4, 0.5) is 0 Å². The molecule has 1 spiro atoms. The van der Waals surface area contributed by atoms with Crippen LogP contribution in [0.2, 0.25) is 0 Å². The van der Waals surface area contributed by atoms with E-state index in [1.165, 1.54) is 29.5 Å². The third-order valence-corrected chi connectivity index (χ3v) is 7.11. The Balaban J connectivity index is 1.15. The van der Waals surface area contributed by atoms with E-state index in [0.717, 1.165) is 25.2 Å². The predicted octanol–water partition coefficient (Wildman–Crippen LogP) is 2.82. The Morgan fingerprint density at radius 3 is 2.63 bits per heavy atom. The fourth-order valence-electron chi connectivity index (χ4n) is 5.82. The molecule has 0 atom stereocenters. The van der Waals surface area contributed by atoms with Crippen LogP contribution >= 0.6 is 0 Å². The number of likely N-dealkylation sites (tertiary alicyclic amines) is 1. The number of hydrogen-bond acceptors (Lipinski definition) is 3. The number of fused-ring (bicyclic) bond motifs is 1. The zero-order valence-electron chi connectivity index (χ0n) is 16.5. The number of aliphatic hydroxyl groups is 1. The van der Waals surface area contributed by atoms with Crippen molar-refractivity contribution in [3.05, 3.63) is 29.6 Å². The van der Waals surface area contributed by atoms with Gasteiger partial charge in [0.25, 0.3) is 0 Å². The second-order valence-corrected chi connectivity index (χ2v) is 9.87. The number of pyridine rings is 1. The topological polar surface area (TPSA) is 58.4 Å². The summed E-state index contributed by atoms with van der Waals surface area (Å²) in [5.41, 5.74) is 3.30. The quantitative estimate of drug-likeness (QED) is 0.908. The minimum Gasteiger partial charge on any atom is -0.390 e. The molecule has 0 aromatic carbocycles. The molecule has 5 nitrogen and oxygen atoms in total. The van der Waals surface area contributed by atoms with E-state index in [-0.39, 0.29) is 11.8 Å². The number of aromatic nitrogens is 2. The van der Waals surface area contributed by atoms with Gasteiger partial charge in [0.1, 0.15) is 5.65 Å². The third-order valence-electron chi connectivity index (χ3n) is 7.11. The molecule has 0 radical (unpaired) electrons. The molecule has 27 heavy (non-hydrogen) atoms. The largest absolute Gasteiger partial charge is 0.390 e. The third kappa shape index (κ3) is 2.78. The van der Waals surface area contributed by atoms with Gasteiger partial charge in [0, 0.05) is 48.7 Å². The monoisotopic (exact) mass is 367 g/mol. The van der Waals surface area contributed by atoms with Gasteiger partial charge in [-0.05, 0) is 69.6 Å². The van der Waals surface area contributed by atoms with Crippen molar-refractivity contribution in [2.45, 2.75) is 51.6 Å². The first kappa shape index (κ1) is 17.2. The van der Waals surface area contributed by atoms with Gasteiger partial charge >= 0.3 is 0 Å². The Labute approximate surface area is 160 Å². The van der Waals surface area contributed by atoms with Gasteiger partial charge in [0.2, 0.25) is 5.91 Å². The van der Waals surface area contributed by atoms with Crippen LogP contribution in [0.1, 0.15) is 43.9 Å². The van der Waals surface area contributed by atoms with Crippen LogP contribution in [0, 0.1) is 24.2 Å². The molecule has 1 aliphatic heterocycles. The van der Waals surface area contributed by atoms with Crippen molar-refractivity contribution in [2.24, 2.45) is 24.3 Å². The molecule has 1 N–H and O–H groups in total. The van der Waals surface area contributed by atoms with Crippen LogP contribution in [0.15, 0.2) is 18.3 Å². The van der Waals surface area contributed by atoms with Gasteiger partial charge in [-0.3, -0.25) is 4.79 Å². The molecule has 5 rings (SSSR count). The van der Waals surface area contributed by atoms with Crippen LogP contribution in [0.5, 0.6) is 0 Å². The summed E-state index contributed by atoms with van der Waals surface area (Å²) >= 11 is 0. The van der Waals surface area contributed by atoms with Crippen LogP contribution in [-0.2, 0) is 18.3 Å².